The van der Waals surface area contributed by atoms with E-state index in [0.717, 1.165) is 28.6 Å². The highest BCUT2D eigenvalue weighted by Crippen LogP contribution is 2.27. The Labute approximate surface area is 162 Å². The largest absolute Gasteiger partial charge is 0.352 e. The predicted molar refractivity (Wildman–Crippen MR) is 108 cm³/mol. The van der Waals surface area contributed by atoms with Crippen molar-refractivity contribution in [3.63, 3.8) is 0 Å². The van der Waals surface area contributed by atoms with Crippen LogP contribution in [0.3, 0.4) is 0 Å². The number of carbonyl (C=O) groups excluding carboxylic acids is 1. The third-order valence-electron chi connectivity index (χ3n) is 3.40. The number of rotatable bonds is 8. The molecule has 0 bridgehead atoms. The number of hydrogen-bond donors (Lipinski definition) is 2. The minimum atomic E-state index is -0.0213. The molecule has 0 aliphatic carbocycles. The molecular weight excluding hydrogens is 408 g/mol. The zero-order chi connectivity index (χ0) is 16.5. The number of unbranched alkanes of at least 4 members (excludes halogenated alkanes) is 1. The van der Waals surface area contributed by atoms with Gasteiger partial charge in [0.15, 0.2) is 0 Å². The van der Waals surface area contributed by atoms with E-state index < -0.39 is 0 Å². The van der Waals surface area contributed by atoms with Crippen LogP contribution in [0.25, 0.3) is 0 Å². The summed E-state index contributed by atoms with van der Waals surface area (Å²) in [7, 11) is 0. The molecule has 0 unspecified atom stereocenters. The second-order valence-electron chi connectivity index (χ2n) is 5.14. The first-order chi connectivity index (χ1) is 11.2. The summed E-state index contributed by atoms with van der Waals surface area (Å²) in [6.07, 6.45) is 2.04. The van der Waals surface area contributed by atoms with Crippen molar-refractivity contribution in [2.24, 2.45) is 5.73 Å². The lowest BCUT2D eigenvalue weighted by Crippen LogP contribution is -2.24. The Morgan fingerprint density at radius 1 is 1.08 bits per heavy atom. The molecule has 0 aliphatic heterocycles. The van der Waals surface area contributed by atoms with Gasteiger partial charge < -0.3 is 11.1 Å². The molecule has 3 nitrogen and oxygen atoms in total. The summed E-state index contributed by atoms with van der Waals surface area (Å²) in [4.78, 5) is 13.3. The Morgan fingerprint density at radius 2 is 1.79 bits per heavy atom. The molecule has 6 heteroatoms. The minimum Gasteiger partial charge on any atom is -0.352 e. The van der Waals surface area contributed by atoms with E-state index in [1.807, 2.05) is 48.2 Å². The van der Waals surface area contributed by atoms with Gasteiger partial charge in [-0.15, -0.1) is 24.2 Å². The summed E-state index contributed by atoms with van der Waals surface area (Å²) >= 11 is 5.38. The molecule has 130 valence electrons. The molecule has 0 saturated heterocycles. The molecule has 2 aromatic rings. The van der Waals surface area contributed by atoms with E-state index in [9.17, 15) is 4.79 Å². The molecule has 0 radical (unpaired) electrons. The van der Waals surface area contributed by atoms with Gasteiger partial charge in [0.2, 0.25) is 0 Å². The number of benzene rings is 2. The summed E-state index contributed by atoms with van der Waals surface area (Å²) < 4.78 is 1.14. The van der Waals surface area contributed by atoms with Crippen LogP contribution in [0.2, 0.25) is 0 Å². The highest BCUT2D eigenvalue weighted by Gasteiger charge is 2.04. The molecule has 0 spiro atoms. The zero-order valence-electron chi connectivity index (χ0n) is 13.3. The van der Waals surface area contributed by atoms with Gasteiger partial charge in [-0.1, -0.05) is 24.3 Å². The number of nitrogens with two attached hydrogens (primary N) is 1. The van der Waals surface area contributed by atoms with Gasteiger partial charge in [0, 0.05) is 28.0 Å². The fourth-order valence-corrected chi connectivity index (χ4v) is 3.64. The van der Waals surface area contributed by atoms with Gasteiger partial charge >= 0.3 is 0 Å². The van der Waals surface area contributed by atoms with Crippen molar-refractivity contribution >= 4 is 46.0 Å². The van der Waals surface area contributed by atoms with Crippen LogP contribution in [-0.4, -0.2) is 18.2 Å². The third-order valence-corrected chi connectivity index (χ3v) is 5.52. The molecule has 24 heavy (non-hydrogen) atoms. The number of carbonyl (C=O) groups is 1. The number of nitrogens with one attached hydrogen (secondary N) is 1. The maximum absolute atomic E-state index is 12.0. The number of halogens is 2. The molecule has 0 aromatic heterocycles. The molecular formula is C18H22BrClN2OS. The maximum Gasteiger partial charge on any atom is 0.251 e. The van der Waals surface area contributed by atoms with Gasteiger partial charge in [-0.2, -0.15) is 0 Å². The van der Waals surface area contributed by atoms with Gasteiger partial charge in [-0.05, 0) is 64.4 Å². The van der Waals surface area contributed by atoms with Gasteiger partial charge in [0.05, 0.1) is 0 Å². The molecule has 2 rings (SSSR count). The second-order valence-corrected chi connectivity index (χ2v) is 7.13. The van der Waals surface area contributed by atoms with Crippen molar-refractivity contribution in [3.05, 3.63) is 64.1 Å². The fraction of sp³-hybridized carbons (Fsp3) is 0.278. The monoisotopic (exact) mass is 428 g/mol. The van der Waals surface area contributed by atoms with Crippen molar-refractivity contribution in [2.45, 2.75) is 24.3 Å². The topological polar surface area (TPSA) is 55.1 Å². The second kappa shape index (κ2) is 11.5. The van der Waals surface area contributed by atoms with Crippen LogP contribution in [0.15, 0.2) is 57.9 Å². The van der Waals surface area contributed by atoms with Crippen LogP contribution in [0.5, 0.6) is 0 Å². The van der Waals surface area contributed by atoms with Crippen LogP contribution >= 0.6 is 40.1 Å². The van der Waals surface area contributed by atoms with E-state index in [1.54, 1.807) is 0 Å². The lowest BCUT2D eigenvalue weighted by atomic mass is 10.1. The average Bonchev–Trinajstić information content (AvgIpc) is 2.59. The number of thioether (sulfide) groups is 1. The van der Waals surface area contributed by atoms with Crippen molar-refractivity contribution in [3.8, 4) is 0 Å². The predicted octanol–water partition coefficient (Wildman–Crippen LogP) is 4.63. The summed E-state index contributed by atoms with van der Waals surface area (Å²) in [6.45, 7) is 1.20. The Kier molecular flexibility index (Phi) is 10.1. The smallest absolute Gasteiger partial charge is 0.251 e. The summed E-state index contributed by atoms with van der Waals surface area (Å²) in [5.74, 6) is 1.02. The van der Waals surface area contributed by atoms with Gasteiger partial charge in [0.1, 0.15) is 0 Å². The zero-order valence-corrected chi connectivity index (χ0v) is 16.6. The summed E-state index contributed by atoms with van der Waals surface area (Å²) in [5.41, 5.74) is 7.27. The van der Waals surface area contributed by atoms with Crippen LogP contribution in [-0.2, 0) is 6.54 Å². The van der Waals surface area contributed by atoms with E-state index >= 15 is 0 Å². The standard InChI is InChI=1S/C18H21BrN2OS.ClH/c19-16-5-1-2-6-17(16)23-12-4-3-11-21-18(22)15-9-7-14(13-20)8-10-15;/h1-2,5-10H,3-4,11-13,20H2,(H,21,22);1H. The van der Waals surface area contributed by atoms with E-state index in [0.29, 0.717) is 18.7 Å². The first-order valence-corrected chi connectivity index (χ1v) is 9.43. The van der Waals surface area contributed by atoms with Gasteiger partial charge in [0.25, 0.3) is 5.91 Å². The maximum atomic E-state index is 12.0. The van der Waals surface area contributed by atoms with Crippen LogP contribution in [0.4, 0.5) is 0 Å². The molecule has 0 saturated carbocycles. The van der Waals surface area contributed by atoms with E-state index in [4.69, 9.17) is 5.73 Å². The Hall–Kier alpha value is -1.01. The van der Waals surface area contributed by atoms with Crippen molar-refractivity contribution in [1.82, 2.24) is 5.32 Å². The van der Waals surface area contributed by atoms with E-state index in [1.165, 1.54) is 4.90 Å². The average molecular weight is 430 g/mol. The minimum absolute atomic E-state index is 0. The van der Waals surface area contributed by atoms with Crippen LogP contribution in [0, 0.1) is 0 Å². The summed E-state index contributed by atoms with van der Waals surface area (Å²) in [5, 5.41) is 2.96. The first kappa shape index (κ1) is 21.0. The highest BCUT2D eigenvalue weighted by atomic mass is 79.9. The van der Waals surface area contributed by atoms with Crippen molar-refractivity contribution in [2.75, 3.05) is 12.3 Å². The van der Waals surface area contributed by atoms with Crippen molar-refractivity contribution < 1.29 is 4.79 Å². The molecule has 2 aromatic carbocycles. The van der Waals surface area contributed by atoms with E-state index in [-0.39, 0.29) is 18.3 Å². The Morgan fingerprint density at radius 3 is 2.46 bits per heavy atom. The van der Waals surface area contributed by atoms with Gasteiger partial charge in [-0.25, -0.2) is 0 Å². The van der Waals surface area contributed by atoms with Crippen molar-refractivity contribution in [1.29, 1.82) is 0 Å². The molecule has 3 N–H and O–H groups in total. The summed E-state index contributed by atoms with van der Waals surface area (Å²) in [6, 6.07) is 15.7. The fourth-order valence-electron chi connectivity index (χ4n) is 2.07. The Balaban J connectivity index is 0.00000288. The Bertz CT molecular complexity index is 637. The van der Waals surface area contributed by atoms with E-state index in [2.05, 4.69) is 33.4 Å². The quantitative estimate of drug-likeness (QED) is 0.475. The lowest BCUT2D eigenvalue weighted by molar-refractivity contribution is 0.0953. The number of amides is 1. The van der Waals surface area contributed by atoms with Crippen LogP contribution in [0.1, 0.15) is 28.8 Å². The number of hydrogen-bond acceptors (Lipinski definition) is 3. The molecule has 0 aliphatic rings. The normalized spacial score (nSPS) is 10.1. The SMILES string of the molecule is Cl.NCc1ccc(C(=O)NCCCCSc2ccccc2Br)cc1. The molecule has 0 heterocycles. The third kappa shape index (κ3) is 6.85. The highest BCUT2D eigenvalue weighted by molar-refractivity contribution is 9.10. The molecule has 1 amide bonds. The first-order valence-electron chi connectivity index (χ1n) is 7.65. The van der Waals surface area contributed by atoms with Gasteiger partial charge in [-0.3, -0.25) is 4.79 Å². The van der Waals surface area contributed by atoms with Crippen LogP contribution < -0.4 is 11.1 Å². The molecule has 0 atom stereocenters. The molecule has 0 fully saturated rings. The lowest BCUT2D eigenvalue weighted by Gasteiger charge is -2.07.